The Labute approximate surface area is 120 Å². The number of likely N-dealkylation sites (tertiary alicyclic amines) is 1. The van der Waals surface area contributed by atoms with Gasteiger partial charge in [-0.15, -0.1) is 4.37 Å². The van der Waals surface area contributed by atoms with E-state index >= 15 is 0 Å². The summed E-state index contributed by atoms with van der Waals surface area (Å²) in [6.45, 7) is 1.25. The van der Waals surface area contributed by atoms with Crippen molar-refractivity contribution in [2.75, 3.05) is 13.1 Å². The van der Waals surface area contributed by atoms with E-state index in [4.69, 9.17) is 9.15 Å². The topological polar surface area (TPSA) is 68.5 Å². The van der Waals surface area contributed by atoms with Gasteiger partial charge in [0, 0.05) is 19.0 Å². The lowest BCUT2D eigenvalue weighted by molar-refractivity contribution is -0.125. The quantitative estimate of drug-likeness (QED) is 0.804. The van der Waals surface area contributed by atoms with Gasteiger partial charge in [0.05, 0.1) is 24.5 Å². The Balaban J connectivity index is 1.53. The second-order valence-electron chi connectivity index (χ2n) is 4.41. The van der Waals surface area contributed by atoms with Crippen LogP contribution in [0.4, 0.5) is 0 Å². The normalized spacial score (nSPS) is 18.8. The van der Waals surface area contributed by atoms with Crippen molar-refractivity contribution in [2.45, 2.75) is 12.5 Å². The van der Waals surface area contributed by atoms with E-state index in [-0.39, 0.29) is 12.0 Å². The average molecular weight is 291 g/mol. The van der Waals surface area contributed by atoms with Gasteiger partial charge in [0.15, 0.2) is 0 Å². The van der Waals surface area contributed by atoms with E-state index in [2.05, 4.69) is 8.75 Å². The largest absolute Gasteiger partial charge is 0.471 e. The Morgan fingerprint density at radius 3 is 3.30 bits per heavy atom. The zero-order valence-electron chi connectivity index (χ0n) is 10.6. The molecule has 1 atom stereocenters. The van der Waals surface area contributed by atoms with Gasteiger partial charge in [-0.2, -0.15) is 4.37 Å². The summed E-state index contributed by atoms with van der Waals surface area (Å²) in [7, 11) is 0. The summed E-state index contributed by atoms with van der Waals surface area (Å²) in [6.07, 6.45) is 7.14. The highest BCUT2D eigenvalue weighted by Crippen LogP contribution is 2.17. The van der Waals surface area contributed by atoms with Crippen LogP contribution in [-0.2, 0) is 4.79 Å². The van der Waals surface area contributed by atoms with E-state index in [1.165, 1.54) is 6.08 Å². The van der Waals surface area contributed by atoms with Crippen LogP contribution in [-0.4, -0.2) is 38.7 Å². The highest BCUT2D eigenvalue weighted by atomic mass is 32.1. The molecule has 0 N–H and O–H groups in total. The lowest BCUT2D eigenvalue weighted by Crippen LogP contribution is -2.29. The molecule has 0 bridgehead atoms. The van der Waals surface area contributed by atoms with E-state index in [0.717, 1.165) is 18.1 Å². The molecule has 1 fully saturated rings. The van der Waals surface area contributed by atoms with Crippen LogP contribution in [0.1, 0.15) is 12.2 Å². The molecule has 20 heavy (non-hydrogen) atoms. The number of ether oxygens (including phenoxy) is 1. The van der Waals surface area contributed by atoms with E-state index in [0.29, 0.717) is 24.7 Å². The zero-order valence-corrected chi connectivity index (χ0v) is 11.5. The molecule has 1 aliphatic heterocycles. The number of aromatic nitrogens is 2. The van der Waals surface area contributed by atoms with Crippen LogP contribution in [0.3, 0.4) is 0 Å². The zero-order chi connectivity index (χ0) is 13.8. The second-order valence-corrected chi connectivity index (χ2v) is 4.96. The monoisotopic (exact) mass is 291 g/mol. The van der Waals surface area contributed by atoms with Crippen molar-refractivity contribution in [3.05, 3.63) is 36.4 Å². The lowest BCUT2D eigenvalue weighted by atomic mass is 10.3. The molecule has 1 saturated heterocycles. The Kier molecular flexibility index (Phi) is 3.78. The summed E-state index contributed by atoms with van der Waals surface area (Å²) in [6, 6.07) is 3.58. The van der Waals surface area contributed by atoms with Crippen molar-refractivity contribution >= 4 is 23.7 Å². The Bertz CT molecular complexity index is 580. The van der Waals surface area contributed by atoms with Crippen molar-refractivity contribution in [3.8, 4) is 5.88 Å². The molecule has 1 aliphatic rings. The molecule has 3 heterocycles. The minimum atomic E-state index is -0.0381. The third kappa shape index (κ3) is 3.05. The van der Waals surface area contributed by atoms with Crippen LogP contribution in [0.5, 0.6) is 5.88 Å². The van der Waals surface area contributed by atoms with Gasteiger partial charge < -0.3 is 14.1 Å². The fourth-order valence-corrected chi connectivity index (χ4v) is 2.40. The van der Waals surface area contributed by atoms with E-state index < -0.39 is 0 Å². The maximum atomic E-state index is 12.0. The van der Waals surface area contributed by atoms with Crippen molar-refractivity contribution in [1.29, 1.82) is 0 Å². The number of amides is 1. The Morgan fingerprint density at radius 1 is 1.60 bits per heavy atom. The predicted octanol–water partition coefficient (Wildman–Crippen LogP) is 1.82. The van der Waals surface area contributed by atoms with Crippen molar-refractivity contribution in [2.24, 2.45) is 0 Å². The molecule has 3 rings (SSSR count). The summed E-state index contributed by atoms with van der Waals surface area (Å²) >= 11 is 1.11. The number of carbonyl (C=O) groups excluding carboxylic acids is 1. The number of furan rings is 1. The molecule has 2 aromatic rings. The molecule has 104 valence electrons. The van der Waals surface area contributed by atoms with E-state index in [9.17, 15) is 4.79 Å². The Morgan fingerprint density at radius 2 is 2.55 bits per heavy atom. The molecule has 0 aliphatic carbocycles. The summed E-state index contributed by atoms with van der Waals surface area (Å²) < 4.78 is 18.7. The van der Waals surface area contributed by atoms with Gasteiger partial charge in [-0.1, -0.05) is 0 Å². The first-order chi connectivity index (χ1) is 9.81. The van der Waals surface area contributed by atoms with Gasteiger partial charge in [-0.25, -0.2) is 0 Å². The third-order valence-electron chi connectivity index (χ3n) is 3.02. The molecule has 0 saturated carbocycles. The minimum Gasteiger partial charge on any atom is -0.471 e. The fourth-order valence-electron chi connectivity index (χ4n) is 2.05. The second kappa shape index (κ2) is 5.87. The number of rotatable bonds is 4. The number of nitrogens with zero attached hydrogens (tertiary/aromatic N) is 3. The highest BCUT2D eigenvalue weighted by Gasteiger charge is 2.26. The van der Waals surface area contributed by atoms with Crippen molar-refractivity contribution in [3.63, 3.8) is 0 Å². The number of hydrogen-bond acceptors (Lipinski definition) is 6. The van der Waals surface area contributed by atoms with Gasteiger partial charge in [0.2, 0.25) is 11.8 Å². The van der Waals surface area contributed by atoms with E-state index in [1.807, 2.05) is 0 Å². The number of carbonyl (C=O) groups is 1. The van der Waals surface area contributed by atoms with Crippen LogP contribution in [0.15, 0.2) is 35.1 Å². The maximum absolute atomic E-state index is 12.0. The van der Waals surface area contributed by atoms with Crippen LogP contribution in [0.2, 0.25) is 0 Å². The van der Waals surface area contributed by atoms with Gasteiger partial charge in [-0.05, 0) is 18.2 Å². The SMILES string of the molecule is O=C(/C=C/c1ccco1)N1CCC(Oc2cnsn2)C1. The van der Waals surface area contributed by atoms with Crippen LogP contribution in [0, 0.1) is 0 Å². The summed E-state index contributed by atoms with van der Waals surface area (Å²) in [4.78, 5) is 13.8. The minimum absolute atomic E-state index is 0.0140. The van der Waals surface area contributed by atoms with Crippen molar-refractivity contribution in [1.82, 2.24) is 13.6 Å². The predicted molar refractivity (Wildman–Crippen MR) is 73.3 cm³/mol. The first kappa shape index (κ1) is 12.9. The molecule has 0 spiro atoms. The van der Waals surface area contributed by atoms with E-state index in [1.54, 1.807) is 35.6 Å². The fraction of sp³-hybridized carbons (Fsp3) is 0.308. The third-order valence-corrected chi connectivity index (χ3v) is 3.48. The highest BCUT2D eigenvalue weighted by molar-refractivity contribution is 6.99. The molecule has 0 radical (unpaired) electrons. The molecule has 7 heteroatoms. The molecule has 6 nitrogen and oxygen atoms in total. The summed E-state index contributed by atoms with van der Waals surface area (Å²) in [5.74, 6) is 1.16. The summed E-state index contributed by atoms with van der Waals surface area (Å²) in [5, 5.41) is 0. The molecular weight excluding hydrogens is 278 g/mol. The molecular formula is C13H13N3O3S. The average Bonchev–Trinajstić information content (AvgIpc) is 3.19. The first-order valence-corrected chi connectivity index (χ1v) is 6.99. The van der Waals surface area contributed by atoms with Crippen LogP contribution >= 0.6 is 11.7 Å². The molecule has 2 aromatic heterocycles. The summed E-state index contributed by atoms with van der Waals surface area (Å²) in [5.41, 5.74) is 0. The molecule has 1 unspecified atom stereocenters. The van der Waals surface area contributed by atoms with Gasteiger partial charge in [0.25, 0.3) is 0 Å². The number of hydrogen-bond donors (Lipinski definition) is 0. The first-order valence-electron chi connectivity index (χ1n) is 6.26. The maximum Gasteiger partial charge on any atom is 0.246 e. The smallest absolute Gasteiger partial charge is 0.246 e. The van der Waals surface area contributed by atoms with Crippen molar-refractivity contribution < 1.29 is 13.9 Å². The Hall–Kier alpha value is -2.15. The lowest BCUT2D eigenvalue weighted by Gasteiger charge is -2.14. The standard InChI is InChI=1S/C13H13N3O3S/c17-13(4-3-10-2-1-7-18-10)16-6-5-11(9-16)19-12-8-14-20-15-12/h1-4,7-8,11H,5-6,9H2/b4-3+. The van der Waals surface area contributed by atoms with Gasteiger partial charge >= 0.3 is 0 Å². The molecule has 1 amide bonds. The van der Waals surface area contributed by atoms with Crippen LogP contribution in [0.25, 0.3) is 6.08 Å². The van der Waals surface area contributed by atoms with Crippen LogP contribution < -0.4 is 4.74 Å². The van der Waals surface area contributed by atoms with Gasteiger partial charge in [-0.3, -0.25) is 4.79 Å². The van der Waals surface area contributed by atoms with Gasteiger partial charge in [0.1, 0.15) is 18.1 Å². The molecule has 0 aromatic carbocycles.